The van der Waals surface area contributed by atoms with E-state index >= 15 is 0 Å². The first-order valence-electron chi connectivity index (χ1n) is 5.75. The molecule has 0 aromatic heterocycles. The molecule has 0 saturated heterocycles. The van der Waals surface area contributed by atoms with Gasteiger partial charge in [-0.25, -0.2) is 0 Å². The minimum absolute atomic E-state index is 0.140. The van der Waals surface area contributed by atoms with E-state index in [4.69, 9.17) is 4.74 Å². The number of ether oxygens (including phenoxy) is 1. The van der Waals surface area contributed by atoms with Crippen molar-refractivity contribution in [3.05, 3.63) is 29.3 Å². The minimum atomic E-state index is 0.140. The van der Waals surface area contributed by atoms with Gasteiger partial charge in [-0.05, 0) is 38.3 Å². The van der Waals surface area contributed by atoms with Gasteiger partial charge < -0.3 is 4.74 Å². The maximum absolute atomic E-state index is 10.9. The second-order valence-corrected chi connectivity index (χ2v) is 4.72. The fraction of sp³-hybridized carbons (Fsp3) is 0.500. The van der Waals surface area contributed by atoms with Crippen molar-refractivity contribution in [2.75, 3.05) is 0 Å². The number of hydrogen-bond donors (Lipinski definition) is 0. The van der Waals surface area contributed by atoms with E-state index in [0.717, 1.165) is 18.3 Å². The molecule has 1 atom stereocenters. The first kappa shape index (κ1) is 12.8. The van der Waals surface area contributed by atoms with Crippen LogP contribution >= 0.6 is 0 Å². The number of carbonyl (C=O) groups excluding carboxylic acids is 1. The fourth-order valence-electron chi connectivity index (χ4n) is 1.80. The van der Waals surface area contributed by atoms with E-state index in [1.54, 1.807) is 0 Å². The van der Waals surface area contributed by atoms with Crippen LogP contribution in [0.25, 0.3) is 0 Å². The summed E-state index contributed by atoms with van der Waals surface area (Å²) in [6.07, 6.45) is 1.98. The number of rotatable bonds is 5. The van der Waals surface area contributed by atoms with Crippen LogP contribution < -0.4 is 4.74 Å². The summed E-state index contributed by atoms with van der Waals surface area (Å²) in [6.45, 7) is 8.33. The predicted octanol–water partition coefficient (Wildman–Crippen LogP) is 3.62. The van der Waals surface area contributed by atoms with E-state index in [0.29, 0.717) is 17.2 Å². The summed E-state index contributed by atoms with van der Waals surface area (Å²) in [5.74, 6) is 1.29. The molecule has 0 spiro atoms. The van der Waals surface area contributed by atoms with E-state index < -0.39 is 0 Å². The molecule has 1 aromatic rings. The van der Waals surface area contributed by atoms with Gasteiger partial charge in [-0.2, -0.15) is 0 Å². The summed E-state index contributed by atoms with van der Waals surface area (Å²) in [5, 5.41) is 0. The number of aryl methyl sites for hydroxylation is 1. The standard InChI is InChI=1S/C14H20O2/c1-10(2)7-12(4)16-14-6-5-11(3)8-13(14)9-15/h5-6,8-10,12H,7H2,1-4H3. The van der Waals surface area contributed by atoms with Crippen LogP contribution in [0.3, 0.4) is 0 Å². The summed E-state index contributed by atoms with van der Waals surface area (Å²) in [5.41, 5.74) is 1.71. The topological polar surface area (TPSA) is 26.3 Å². The number of aldehydes is 1. The van der Waals surface area contributed by atoms with E-state index in [9.17, 15) is 4.79 Å². The van der Waals surface area contributed by atoms with Gasteiger partial charge in [-0.1, -0.05) is 25.5 Å². The first-order chi connectivity index (χ1) is 7.52. The molecule has 0 radical (unpaired) electrons. The third-order valence-corrected chi connectivity index (χ3v) is 2.42. The highest BCUT2D eigenvalue weighted by Gasteiger charge is 2.09. The van der Waals surface area contributed by atoms with E-state index in [1.807, 2.05) is 32.0 Å². The molecule has 88 valence electrons. The van der Waals surface area contributed by atoms with Crippen molar-refractivity contribution in [1.82, 2.24) is 0 Å². The average molecular weight is 220 g/mol. The summed E-state index contributed by atoms with van der Waals surface area (Å²) < 4.78 is 5.77. The minimum Gasteiger partial charge on any atom is -0.490 e. The van der Waals surface area contributed by atoms with Crippen LogP contribution in [0.5, 0.6) is 5.75 Å². The van der Waals surface area contributed by atoms with Crippen molar-refractivity contribution in [2.45, 2.75) is 40.2 Å². The number of carbonyl (C=O) groups is 1. The lowest BCUT2D eigenvalue weighted by Crippen LogP contribution is -2.15. The average Bonchev–Trinajstić information content (AvgIpc) is 2.19. The van der Waals surface area contributed by atoms with Gasteiger partial charge in [0.25, 0.3) is 0 Å². The lowest BCUT2D eigenvalue weighted by Gasteiger charge is -2.17. The van der Waals surface area contributed by atoms with E-state index in [-0.39, 0.29) is 6.10 Å². The van der Waals surface area contributed by atoms with Gasteiger partial charge in [-0.15, -0.1) is 0 Å². The Balaban J connectivity index is 2.76. The molecule has 1 rings (SSSR count). The molecule has 0 saturated carbocycles. The third-order valence-electron chi connectivity index (χ3n) is 2.42. The highest BCUT2D eigenvalue weighted by atomic mass is 16.5. The molecule has 0 N–H and O–H groups in total. The van der Waals surface area contributed by atoms with Crippen molar-refractivity contribution in [3.63, 3.8) is 0 Å². The Morgan fingerprint density at radius 2 is 2.00 bits per heavy atom. The lowest BCUT2D eigenvalue weighted by molar-refractivity contribution is 0.111. The molecule has 0 aliphatic carbocycles. The van der Waals surface area contributed by atoms with Crippen molar-refractivity contribution in [3.8, 4) is 5.75 Å². The fourth-order valence-corrected chi connectivity index (χ4v) is 1.80. The summed E-state index contributed by atoms with van der Waals surface area (Å²) in [7, 11) is 0. The molecule has 0 bridgehead atoms. The van der Waals surface area contributed by atoms with Crippen LogP contribution in [0.1, 0.15) is 43.1 Å². The summed E-state index contributed by atoms with van der Waals surface area (Å²) in [4.78, 5) is 10.9. The molecule has 0 fully saturated rings. The Morgan fingerprint density at radius 1 is 1.31 bits per heavy atom. The lowest BCUT2D eigenvalue weighted by atomic mass is 10.1. The van der Waals surface area contributed by atoms with Crippen molar-refractivity contribution in [1.29, 1.82) is 0 Å². The van der Waals surface area contributed by atoms with Gasteiger partial charge >= 0.3 is 0 Å². The second kappa shape index (κ2) is 5.69. The monoisotopic (exact) mass is 220 g/mol. The SMILES string of the molecule is Cc1ccc(OC(C)CC(C)C)c(C=O)c1. The zero-order valence-electron chi connectivity index (χ0n) is 10.5. The summed E-state index contributed by atoms with van der Waals surface area (Å²) >= 11 is 0. The smallest absolute Gasteiger partial charge is 0.153 e. The van der Waals surface area contributed by atoms with Crippen molar-refractivity contribution in [2.24, 2.45) is 5.92 Å². The predicted molar refractivity (Wildman–Crippen MR) is 66.1 cm³/mol. The van der Waals surface area contributed by atoms with Gasteiger partial charge in [0.2, 0.25) is 0 Å². The zero-order valence-corrected chi connectivity index (χ0v) is 10.5. The van der Waals surface area contributed by atoms with Crippen LogP contribution in [0.2, 0.25) is 0 Å². The van der Waals surface area contributed by atoms with Gasteiger partial charge in [0.05, 0.1) is 11.7 Å². The second-order valence-electron chi connectivity index (χ2n) is 4.72. The molecule has 0 aliphatic heterocycles. The zero-order chi connectivity index (χ0) is 12.1. The van der Waals surface area contributed by atoms with Crippen LogP contribution in [-0.4, -0.2) is 12.4 Å². The van der Waals surface area contributed by atoms with Crippen LogP contribution in [0.15, 0.2) is 18.2 Å². The van der Waals surface area contributed by atoms with Gasteiger partial charge in [0, 0.05) is 0 Å². The molecular formula is C14H20O2. The molecule has 0 amide bonds. The Morgan fingerprint density at radius 3 is 2.56 bits per heavy atom. The Bertz CT molecular complexity index is 356. The normalized spacial score (nSPS) is 12.6. The Labute approximate surface area is 97.6 Å². The van der Waals surface area contributed by atoms with E-state index in [1.165, 1.54) is 0 Å². The molecule has 16 heavy (non-hydrogen) atoms. The highest BCUT2D eigenvalue weighted by molar-refractivity contribution is 5.79. The molecule has 0 aliphatic rings. The van der Waals surface area contributed by atoms with Gasteiger partial charge in [0.15, 0.2) is 6.29 Å². The summed E-state index contributed by atoms with van der Waals surface area (Å²) in [6, 6.07) is 5.69. The van der Waals surface area contributed by atoms with Crippen LogP contribution in [0, 0.1) is 12.8 Å². The van der Waals surface area contributed by atoms with Gasteiger partial charge in [-0.3, -0.25) is 4.79 Å². The molecule has 2 heteroatoms. The maximum atomic E-state index is 10.9. The van der Waals surface area contributed by atoms with Crippen molar-refractivity contribution < 1.29 is 9.53 Å². The van der Waals surface area contributed by atoms with Crippen LogP contribution in [0.4, 0.5) is 0 Å². The Hall–Kier alpha value is -1.31. The third kappa shape index (κ3) is 3.69. The van der Waals surface area contributed by atoms with E-state index in [2.05, 4.69) is 13.8 Å². The largest absolute Gasteiger partial charge is 0.490 e. The number of hydrogen-bond acceptors (Lipinski definition) is 2. The molecule has 1 aromatic carbocycles. The Kier molecular flexibility index (Phi) is 4.53. The molecule has 2 nitrogen and oxygen atoms in total. The molecule has 0 heterocycles. The maximum Gasteiger partial charge on any atom is 0.153 e. The van der Waals surface area contributed by atoms with Crippen LogP contribution in [-0.2, 0) is 0 Å². The highest BCUT2D eigenvalue weighted by Crippen LogP contribution is 2.21. The molecule has 1 unspecified atom stereocenters. The molecular weight excluding hydrogens is 200 g/mol. The van der Waals surface area contributed by atoms with Gasteiger partial charge in [0.1, 0.15) is 5.75 Å². The first-order valence-corrected chi connectivity index (χ1v) is 5.75. The van der Waals surface area contributed by atoms with Crippen molar-refractivity contribution >= 4 is 6.29 Å². The quantitative estimate of drug-likeness (QED) is 0.708. The number of benzene rings is 1.